The fourth-order valence-electron chi connectivity index (χ4n) is 3.80. The highest BCUT2D eigenvalue weighted by Gasteiger charge is 2.43. The quantitative estimate of drug-likeness (QED) is 0.624. The van der Waals surface area contributed by atoms with Crippen LogP contribution in [0.25, 0.3) is 11.3 Å². The average Bonchev–Trinajstić information content (AvgIpc) is 3.44. The smallest absolute Gasteiger partial charge is 0.343 e. The van der Waals surface area contributed by atoms with Gasteiger partial charge in [0, 0.05) is 24.0 Å². The minimum absolute atomic E-state index is 0.145. The summed E-state index contributed by atoms with van der Waals surface area (Å²) in [6.45, 7) is 3.28. The number of aromatic nitrogens is 4. The number of hydrogen-bond acceptors (Lipinski definition) is 7. The van der Waals surface area contributed by atoms with E-state index in [1.807, 2.05) is 18.2 Å². The first-order valence-electron chi connectivity index (χ1n) is 9.20. The van der Waals surface area contributed by atoms with Crippen LogP contribution in [0.4, 0.5) is 0 Å². The van der Waals surface area contributed by atoms with Crippen LogP contribution in [0.15, 0.2) is 40.5 Å². The lowest BCUT2D eigenvalue weighted by Gasteiger charge is -2.33. The topological polar surface area (TPSA) is 113 Å². The van der Waals surface area contributed by atoms with E-state index in [2.05, 4.69) is 32.6 Å². The number of nitrogens with zero attached hydrogens (tertiary/aromatic N) is 4. The maximum Gasteiger partial charge on any atom is 0.343 e. The highest BCUT2D eigenvalue weighted by atomic mass is 32.1. The molecule has 5 rings (SSSR count). The lowest BCUT2D eigenvalue weighted by atomic mass is 10.0. The molecule has 2 aliphatic heterocycles. The van der Waals surface area contributed by atoms with Crippen LogP contribution < -0.4 is 5.69 Å². The van der Waals surface area contributed by atoms with Gasteiger partial charge in [-0.15, -0.1) is 11.3 Å². The molecule has 1 spiro atoms. The fourth-order valence-corrected chi connectivity index (χ4v) is 4.65. The van der Waals surface area contributed by atoms with Crippen LogP contribution >= 0.6 is 11.3 Å². The predicted octanol–water partition coefficient (Wildman–Crippen LogP) is 1.57. The number of ether oxygens (including phenoxy) is 1. The molecule has 9 nitrogen and oxygen atoms in total. The summed E-state index contributed by atoms with van der Waals surface area (Å²) in [6.07, 6.45) is 0.918. The van der Waals surface area contributed by atoms with Gasteiger partial charge in [-0.2, -0.15) is 5.10 Å². The first kappa shape index (κ1) is 19.5. The lowest BCUT2D eigenvalue weighted by Crippen LogP contribution is -2.46. The Hall–Kier alpha value is -2.82. The number of carbonyl (C=O) groups is 1. The average molecular weight is 415 g/mol. The summed E-state index contributed by atoms with van der Waals surface area (Å²) in [6, 6.07) is 10.2. The Bertz CT molecular complexity index is 1030. The van der Waals surface area contributed by atoms with Gasteiger partial charge in [0.05, 0.1) is 18.8 Å². The summed E-state index contributed by atoms with van der Waals surface area (Å²) < 4.78 is 7.82. The second-order valence-electron chi connectivity index (χ2n) is 7.06. The van der Waals surface area contributed by atoms with Gasteiger partial charge in [0.25, 0.3) is 6.47 Å². The number of fused-ring (bicyclic) bond motifs is 1. The highest BCUT2D eigenvalue weighted by molar-refractivity contribution is 7.09. The molecule has 4 heterocycles. The number of aromatic amines is 1. The molecule has 0 amide bonds. The molecule has 1 aromatic carbocycles. The molecule has 0 bridgehead atoms. The van der Waals surface area contributed by atoms with Crippen molar-refractivity contribution in [3.8, 4) is 11.3 Å². The van der Waals surface area contributed by atoms with Crippen molar-refractivity contribution in [3.63, 3.8) is 0 Å². The van der Waals surface area contributed by atoms with Crippen LogP contribution in [0.3, 0.4) is 0 Å². The summed E-state index contributed by atoms with van der Waals surface area (Å²) in [4.78, 5) is 27.4. The number of thiazole rings is 1. The first-order chi connectivity index (χ1) is 14.1. The molecule has 0 saturated carbocycles. The van der Waals surface area contributed by atoms with Gasteiger partial charge in [-0.05, 0) is 6.42 Å². The number of likely N-dealkylation sites (tertiary alicyclic amines) is 1. The molecule has 29 heavy (non-hydrogen) atoms. The molecule has 1 saturated heterocycles. The van der Waals surface area contributed by atoms with Gasteiger partial charge >= 0.3 is 5.69 Å². The van der Waals surface area contributed by atoms with Gasteiger partial charge in [-0.25, -0.2) is 14.9 Å². The summed E-state index contributed by atoms with van der Waals surface area (Å²) in [5.41, 5.74) is 1.74. The lowest BCUT2D eigenvalue weighted by molar-refractivity contribution is -0.122. The third-order valence-corrected chi connectivity index (χ3v) is 6.00. The summed E-state index contributed by atoms with van der Waals surface area (Å²) in [7, 11) is 0. The van der Waals surface area contributed by atoms with Crippen LogP contribution in [0.2, 0.25) is 0 Å². The first-order valence-corrected chi connectivity index (χ1v) is 10.1. The predicted molar refractivity (Wildman–Crippen MR) is 107 cm³/mol. The van der Waals surface area contributed by atoms with Crippen LogP contribution in [0.5, 0.6) is 0 Å². The minimum Gasteiger partial charge on any atom is -0.483 e. The van der Waals surface area contributed by atoms with E-state index < -0.39 is 0 Å². The van der Waals surface area contributed by atoms with E-state index in [1.165, 1.54) is 0 Å². The zero-order valence-corrected chi connectivity index (χ0v) is 16.5. The fraction of sp³-hybridized carbons (Fsp3) is 0.368. The van der Waals surface area contributed by atoms with Gasteiger partial charge in [0.15, 0.2) is 5.82 Å². The number of carboxylic acid groups (broad SMARTS) is 1. The molecule has 2 aromatic heterocycles. The monoisotopic (exact) mass is 415 g/mol. The largest absolute Gasteiger partial charge is 0.483 e. The SMILES string of the molecule is O=CO.O=c1[nH]nc2n1CC1(CCN(Cc3nc(-c4ccccc4)cs3)C1)OC2. The molecule has 0 aliphatic carbocycles. The summed E-state index contributed by atoms with van der Waals surface area (Å²) in [5.74, 6) is 0.687. The molecule has 152 valence electrons. The normalized spacial score (nSPS) is 20.8. The van der Waals surface area contributed by atoms with Crippen molar-refractivity contribution in [2.45, 2.75) is 31.7 Å². The van der Waals surface area contributed by atoms with Crippen LogP contribution in [-0.2, 0) is 29.2 Å². The van der Waals surface area contributed by atoms with E-state index >= 15 is 0 Å². The summed E-state index contributed by atoms with van der Waals surface area (Å²) >= 11 is 1.69. The molecule has 10 heteroatoms. The van der Waals surface area contributed by atoms with Crippen molar-refractivity contribution < 1.29 is 14.6 Å². The Morgan fingerprint density at radius 2 is 2.10 bits per heavy atom. The van der Waals surface area contributed by atoms with E-state index in [1.54, 1.807) is 15.9 Å². The number of benzene rings is 1. The third-order valence-electron chi connectivity index (χ3n) is 5.17. The van der Waals surface area contributed by atoms with Gasteiger partial charge < -0.3 is 9.84 Å². The van der Waals surface area contributed by atoms with Crippen LogP contribution in [-0.4, -0.2) is 54.9 Å². The van der Waals surface area contributed by atoms with E-state index in [-0.39, 0.29) is 17.8 Å². The van der Waals surface area contributed by atoms with Crippen LogP contribution in [0.1, 0.15) is 17.3 Å². The summed E-state index contributed by atoms with van der Waals surface area (Å²) in [5, 5.41) is 16.6. The molecular formula is C19H21N5O4S. The molecule has 2 N–H and O–H groups in total. The molecule has 1 fully saturated rings. The molecule has 0 radical (unpaired) electrons. The van der Waals surface area contributed by atoms with Gasteiger partial charge in [-0.3, -0.25) is 14.3 Å². The van der Waals surface area contributed by atoms with Crippen molar-refractivity contribution in [1.29, 1.82) is 0 Å². The van der Waals surface area contributed by atoms with E-state index in [4.69, 9.17) is 19.6 Å². The van der Waals surface area contributed by atoms with E-state index in [0.29, 0.717) is 19.0 Å². The number of nitrogens with one attached hydrogen (secondary N) is 1. The number of rotatable bonds is 3. The highest BCUT2D eigenvalue weighted by Crippen LogP contribution is 2.32. The minimum atomic E-state index is -0.291. The standard InChI is InChI=1S/C18H19N5O2S.CH2O2/c24-17-21-20-15-9-25-18(12-23(15)17)6-7-22(11-18)8-16-19-14(10-26-16)13-4-2-1-3-5-13;2-1-3/h1-5,10H,6-9,11-12H2,(H,21,24);1H,(H,2,3). The van der Waals surface area contributed by atoms with E-state index in [9.17, 15) is 4.79 Å². The second-order valence-corrected chi connectivity index (χ2v) is 8.00. The zero-order valence-electron chi connectivity index (χ0n) is 15.7. The maximum atomic E-state index is 11.9. The van der Waals surface area contributed by atoms with Gasteiger partial charge in [0.2, 0.25) is 0 Å². The van der Waals surface area contributed by atoms with Crippen molar-refractivity contribution in [2.75, 3.05) is 13.1 Å². The third kappa shape index (κ3) is 4.14. The maximum absolute atomic E-state index is 11.9. The second kappa shape index (κ2) is 8.27. The van der Waals surface area contributed by atoms with Gasteiger partial charge in [-0.1, -0.05) is 30.3 Å². The zero-order chi connectivity index (χ0) is 20.3. The van der Waals surface area contributed by atoms with Crippen molar-refractivity contribution >= 4 is 17.8 Å². The number of hydrogen-bond donors (Lipinski definition) is 2. The molecule has 3 aromatic rings. The molecule has 1 atom stereocenters. The van der Waals surface area contributed by atoms with Crippen molar-refractivity contribution in [3.05, 3.63) is 57.0 Å². The Kier molecular flexibility index (Phi) is 5.56. The van der Waals surface area contributed by atoms with Crippen molar-refractivity contribution in [2.24, 2.45) is 0 Å². The Balaban J connectivity index is 0.000000645. The van der Waals surface area contributed by atoms with Crippen LogP contribution in [0, 0.1) is 0 Å². The van der Waals surface area contributed by atoms with Crippen molar-refractivity contribution in [1.82, 2.24) is 24.6 Å². The molecule has 1 unspecified atom stereocenters. The van der Waals surface area contributed by atoms with Gasteiger partial charge in [0.1, 0.15) is 17.2 Å². The molecular weight excluding hydrogens is 394 g/mol. The molecule has 2 aliphatic rings. The number of H-pyrrole nitrogens is 1. The Morgan fingerprint density at radius 3 is 2.90 bits per heavy atom. The Morgan fingerprint density at radius 1 is 1.31 bits per heavy atom. The Labute approximate surface area is 170 Å². The van der Waals surface area contributed by atoms with E-state index in [0.717, 1.165) is 42.3 Å².